The van der Waals surface area contributed by atoms with Crippen molar-refractivity contribution in [1.82, 2.24) is 4.90 Å². The van der Waals surface area contributed by atoms with Crippen molar-refractivity contribution in [1.29, 1.82) is 0 Å². The van der Waals surface area contributed by atoms with E-state index in [-0.39, 0.29) is 18.6 Å². The lowest BCUT2D eigenvalue weighted by Gasteiger charge is -2.22. The van der Waals surface area contributed by atoms with Gasteiger partial charge in [0.2, 0.25) is 5.91 Å². The van der Waals surface area contributed by atoms with Crippen molar-refractivity contribution in [3.8, 4) is 0 Å². The molecule has 3 heteroatoms. The van der Waals surface area contributed by atoms with Crippen molar-refractivity contribution in [3.63, 3.8) is 0 Å². The fraction of sp³-hybridized carbons (Fsp3) is 0.700. The van der Waals surface area contributed by atoms with Crippen LogP contribution in [0, 0.1) is 0 Å². The van der Waals surface area contributed by atoms with Gasteiger partial charge in [-0.1, -0.05) is 6.08 Å². The molecule has 0 unspecified atom stereocenters. The normalized spacial score (nSPS) is 22.4. The van der Waals surface area contributed by atoms with Crippen molar-refractivity contribution in [2.24, 2.45) is 0 Å². The van der Waals surface area contributed by atoms with Crippen LogP contribution in [0.2, 0.25) is 0 Å². The molecule has 0 bridgehead atoms. The first kappa shape index (κ1) is 10.3. The van der Waals surface area contributed by atoms with Gasteiger partial charge in [-0.25, -0.2) is 0 Å². The van der Waals surface area contributed by atoms with Gasteiger partial charge in [0, 0.05) is 13.0 Å². The van der Waals surface area contributed by atoms with Crippen LogP contribution in [0.4, 0.5) is 0 Å². The molecule has 1 heterocycles. The summed E-state index contributed by atoms with van der Waals surface area (Å²) < 4.78 is 0. The third-order valence-corrected chi connectivity index (χ3v) is 2.47. The van der Waals surface area contributed by atoms with Crippen LogP contribution < -0.4 is 0 Å². The third-order valence-electron chi connectivity index (χ3n) is 2.47. The van der Waals surface area contributed by atoms with Gasteiger partial charge in [-0.3, -0.25) is 4.79 Å². The van der Waals surface area contributed by atoms with Crippen molar-refractivity contribution in [3.05, 3.63) is 12.7 Å². The minimum absolute atomic E-state index is 0.0670. The second kappa shape index (κ2) is 5.02. The van der Waals surface area contributed by atoms with E-state index in [0.717, 1.165) is 25.8 Å². The third kappa shape index (κ3) is 2.56. The molecule has 1 rings (SSSR count). The van der Waals surface area contributed by atoms with Gasteiger partial charge in [0.15, 0.2) is 0 Å². The van der Waals surface area contributed by atoms with Crippen LogP contribution in [0.5, 0.6) is 0 Å². The maximum atomic E-state index is 11.3. The lowest BCUT2D eigenvalue weighted by molar-refractivity contribution is -0.129. The molecule has 0 aromatic carbocycles. The Bertz CT molecular complexity index is 191. The second-order valence-corrected chi connectivity index (χ2v) is 3.39. The number of nitrogens with zero attached hydrogens (tertiary/aromatic N) is 1. The van der Waals surface area contributed by atoms with E-state index in [9.17, 15) is 4.79 Å². The molecule has 1 N–H and O–H groups in total. The zero-order valence-corrected chi connectivity index (χ0v) is 7.91. The molecular formula is C10H17NO2. The minimum Gasteiger partial charge on any atom is -0.394 e. The number of carbonyl (C=O) groups is 1. The van der Waals surface area contributed by atoms with E-state index >= 15 is 0 Å². The summed E-state index contributed by atoms with van der Waals surface area (Å²) in [7, 11) is 0. The summed E-state index contributed by atoms with van der Waals surface area (Å²) in [6.45, 7) is 4.49. The topological polar surface area (TPSA) is 40.5 Å². The quantitative estimate of drug-likeness (QED) is 0.509. The molecular weight excluding hydrogens is 166 g/mol. The Morgan fingerprint density at radius 3 is 3.08 bits per heavy atom. The number of unbranched alkanes of at least 4 members (excludes halogenated alkanes) is 1. The Kier molecular flexibility index (Phi) is 3.96. The van der Waals surface area contributed by atoms with Crippen LogP contribution in [0.15, 0.2) is 12.7 Å². The number of rotatable bonds is 5. The average Bonchev–Trinajstić information content (AvgIpc) is 2.48. The van der Waals surface area contributed by atoms with Gasteiger partial charge in [0.05, 0.1) is 12.6 Å². The number of aliphatic hydroxyl groups is 1. The average molecular weight is 183 g/mol. The van der Waals surface area contributed by atoms with E-state index in [1.54, 1.807) is 4.90 Å². The summed E-state index contributed by atoms with van der Waals surface area (Å²) in [5.41, 5.74) is 0. The minimum atomic E-state index is 0.0670. The Balaban J connectivity index is 2.35. The molecule has 1 atom stereocenters. The van der Waals surface area contributed by atoms with Crippen LogP contribution in [-0.2, 0) is 4.79 Å². The maximum absolute atomic E-state index is 11.3. The molecule has 0 radical (unpaired) electrons. The molecule has 0 spiro atoms. The molecule has 0 saturated carbocycles. The van der Waals surface area contributed by atoms with Crippen molar-refractivity contribution < 1.29 is 9.90 Å². The zero-order chi connectivity index (χ0) is 9.68. The van der Waals surface area contributed by atoms with E-state index in [4.69, 9.17) is 5.11 Å². The predicted octanol–water partition coefficient (Wildman–Crippen LogP) is 0.936. The van der Waals surface area contributed by atoms with Gasteiger partial charge in [-0.2, -0.15) is 0 Å². The molecule has 13 heavy (non-hydrogen) atoms. The van der Waals surface area contributed by atoms with Gasteiger partial charge < -0.3 is 10.0 Å². The number of hydrogen-bond acceptors (Lipinski definition) is 2. The number of carbonyl (C=O) groups excluding carboxylic acids is 1. The lowest BCUT2D eigenvalue weighted by Crippen LogP contribution is -2.36. The fourth-order valence-corrected chi connectivity index (χ4v) is 1.70. The number of aliphatic hydroxyl groups excluding tert-OH is 1. The highest BCUT2D eigenvalue weighted by atomic mass is 16.3. The van der Waals surface area contributed by atoms with E-state index in [1.807, 2.05) is 6.08 Å². The van der Waals surface area contributed by atoms with Gasteiger partial charge >= 0.3 is 0 Å². The summed E-state index contributed by atoms with van der Waals surface area (Å²) in [4.78, 5) is 13.1. The maximum Gasteiger partial charge on any atom is 0.222 e. The number of allylic oxidation sites excluding steroid dienone is 1. The van der Waals surface area contributed by atoms with Gasteiger partial charge in [0.1, 0.15) is 0 Å². The van der Waals surface area contributed by atoms with Gasteiger partial charge in [-0.05, 0) is 19.3 Å². The van der Waals surface area contributed by atoms with Gasteiger partial charge in [0.25, 0.3) is 0 Å². The van der Waals surface area contributed by atoms with E-state index in [0.29, 0.717) is 6.42 Å². The standard InChI is InChI=1S/C10H17NO2/c1-2-3-4-7-11-9(8-12)5-6-10(11)13/h2,9,12H,1,3-8H2/t9-/m0/s1. The second-order valence-electron chi connectivity index (χ2n) is 3.39. The molecule has 1 saturated heterocycles. The SMILES string of the molecule is C=CCCCN1C(=O)CC[C@H]1CO. The number of likely N-dealkylation sites (tertiary alicyclic amines) is 1. The number of hydrogen-bond donors (Lipinski definition) is 1. The van der Waals surface area contributed by atoms with Crippen LogP contribution in [0.3, 0.4) is 0 Å². The first-order chi connectivity index (χ1) is 6.29. The molecule has 0 aromatic rings. The van der Waals surface area contributed by atoms with Crippen LogP contribution >= 0.6 is 0 Å². The Morgan fingerprint density at radius 1 is 1.69 bits per heavy atom. The lowest BCUT2D eigenvalue weighted by atomic mass is 10.2. The largest absolute Gasteiger partial charge is 0.394 e. The zero-order valence-electron chi connectivity index (χ0n) is 7.91. The van der Waals surface area contributed by atoms with E-state index < -0.39 is 0 Å². The highest BCUT2D eigenvalue weighted by Crippen LogP contribution is 2.18. The summed E-state index contributed by atoms with van der Waals surface area (Å²) in [5, 5.41) is 9.00. The molecule has 0 aliphatic carbocycles. The summed E-state index contributed by atoms with van der Waals surface area (Å²) in [6, 6.07) is 0.0670. The van der Waals surface area contributed by atoms with Crippen LogP contribution in [0.25, 0.3) is 0 Å². The van der Waals surface area contributed by atoms with Crippen molar-refractivity contribution in [2.75, 3.05) is 13.2 Å². The molecule has 1 fully saturated rings. The molecule has 1 aliphatic rings. The van der Waals surface area contributed by atoms with E-state index in [1.165, 1.54) is 0 Å². The molecule has 1 amide bonds. The first-order valence-electron chi connectivity index (χ1n) is 4.80. The van der Waals surface area contributed by atoms with Crippen LogP contribution in [-0.4, -0.2) is 35.1 Å². The van der Waals surface area contributed by atoms with Crippen molar-refractivity contribution >= 4 is 5.91 Å². The first-order valence-corrected chi connectivity index (χ1v) is 4.80. The van der Waals surface area contributed by atoms with E-state index in [2.05, 4.69) is 6.58 Å². The Morgan fingerprint density at radius 2 is 2.46 bits per heavy atom. The smallest absolute Gasteiger partial charge is 0.222 e. The molecule has 74 valence electrons. The fourth-order valence-electron chi connectivity index (χ4n) is 1.70. The molecule has 1 aliphatic heterocycles. The predicted molar refractivity (Wildman–Crippen MR) is 51.3 cm³/mol. The summed E-state index contributed by atoms with van der Waals surface area (Å²) >= 11 is 0. The molecule has 0 aromatic heterocycles. The highest BCUT2D eigenvalue weighted by Gasteiger charge is 2.29. The Hall–Kier alpha value is -0.830. The number of amides is 1. The Labute approximate surface area is 79.0 Å². The summed E-state index contributed by atoms with van der Waals surface area (Å²) in [5.74, 6) is 0.183. The molecule has 3 nitrogen and oxygen atoms in total. The van der Waals surface area contributed by atoms with Crippen LogP contribution in [0.1, 0.15) is 25.7 Å². The van der Waals surface area contributed by atoms with Crippen molar-refractivity contribution in [2.45, 2.75) is 31.7 Å². The monoisotopic (exact) mass is 183 g/mol. The highest BCUT2D eigenvalue weighted by molar-refractivity contribution is 5.78. The van der Waals surface area contributed by atoms with Gasteiger partial charge in [-0.15, -0.1) is 6.58 Å². The summed E-state index contributed by atoms with van der Waals surface area (Å²) in [6.07, 6.45) is 5.14.